The molecule has 0 aromatic heterocycles. The van der Waals surface area contributed by atoms with E-state index in [1.54, 1.807) is 6.07 Å². The molecule has 0 heterocycles. The van der Waals surface area contributed by atoms with Gasteiger partial charge in [0.25, 0.3) is 0 Å². The van der Waals surface area contributed by atoms with Gasteiger partial charge in [0, 0.05) is 0 Å². The minimum Gasteiger partial charge on any atom is -0.507 e. The first-order chi connectivity index (χ1) is 14.8. The van der Waals surface area contributed by atoms with Crippen molar-refractivity contribution in [2.45, 2.75) is 49.3 Å². The fourth-order valence-electron chi connectivity index (χ4n) is 2.73. The van der Waals surface area contributed by atoms with Gasteiger partial charge in [-0.25, -0.2) is 18.0 Å². The van der Waals surface area contributed by atoms with Crippen LogP contribution in [0, 0.1) is 0 Å². The van der Waals surface area contributed by atoms with Crippen LogP contribution in [-0.4, -0.2) is 43.8 Å². The third-order valence-electron chi connectivity index (χ3n) is 4.44. The van der Waals surface area contributed by atoms with E-state index in [0.29, 0.717) is 12.8 Å². The first-order valence-corrected chi connectivity index (χ1v) is 11.5. The molecular weight excluding hydrogens is 424 g/mol. The van der Waals surface area contributed by atoms with Crippen molar-refractivity contribution in [2.24, 2.45) is 0 Å². The molecule has 0 radical (unpaired) electrons. The summed E-state index contributed by atoms with van der Waals surface area (Å²) in [6, 6.07) is 7.87. The highest BCUT2D eigenvalue weighted by Gasteiger charge is 2.35. The van der Waals surface area contributed by atoms with Crippen LogP contribution in [-0.2, 0) is 19.3 Å². The Bertz CT molecular complexity index is 1030. The molecule has 0 spiro atoms. The number of hydrogen-bond donors (Lipinski definition) is 2. The van der Waals surface area contributed by atoms with Crippen molar-refractivity contribution < 1.29 is 37.7 Å². The molecule has 2 N–H and O–H groups in total. The Labute approximate surface area is 181 Å². The largest absolute Gasteiger partial charge is 0.507 e. The summed E-state index contributed by atoms with van der Waals surface area (Å²) in [5.41, 5.74) is -1.30. The molecule has 0 saturated carbocycles. The fourth-order valence-corrected chi connectivity index (χ4v) is 4.31. The number of esters is 2. The molecule has 0 bridgehead atoms. The number of ether oxygens (including phenoxy) is 2. The number of carbonyl (C=O) groups excluding carboxylic acids is 2. The Morgan fingerprint density at radius 3 is 2.00 bits per heavy atom. The van der Waals surface area contributed by atoms with E-state index >= 15 is 0 Å². The lowest BCUT2D eigenvalue weighted by Gasteiger charge is -2.16. The van der Waals surface area contributed by atoms with Gasteiger partial charge in [0.1, 0.15) is 27.5 Å². The highest BCUT2D eigenvalue weighted by molar-refractivity contribution is 7.91. The molecule has 0 fully saturated rings. The molecule has 2 aromatic rings. The molecule has 0 saturated heterocycles. The summed E-state index contributed by atoms with van der Waals surface area (Å²) in [5.74, 6) is -3.93. The molecule has 2 rings (SSSR count). The molecule has 0 aliphatic heterocycles. The summed E-state index contributed by atoms with van der Waals surface area (Å²) in [6.45, 7) is 3.82. The number of unbranched alkanes of at least 4 members (excludes halogenated alkanes) is 2. The maximum Gasteiger partial charge on any atom is 0.343 e. The van der Waals surface area contributed by atoms with Crippen molar-refractivity contribution in [2.75, 3.05) is 13.2 Å². The van der Waals surface area contributed by atoms with Gasteiger partial charge in [-0.1, -0.05) is 44.9 Å². The third kappa shape index (κ3) is 5.55. The Hall–Kier alpha value is -3.07. The second-order valence-electron chi connectivity index (χ2n) is 6.79. The van der Waals surface area contributed by atoms with E-state index in [0.717, 1.165) is 18.9 Å². The highest BCUT2D eigenvalue weighted by Crippen LogP contribution is 2.40. The number of aromatic hydroxyl groups is 2. The Morgan fingerprint density at radius 2 is 1.45 bits per heavy atom. The average Bonchev–Trinajstić information content (AvgIpc) is 2.75. The van der Waals surface area contributed by atoms with Gasteiger partial charge >= 0.3 is 11.9 Å². The lowest BCUT2D eigenvalue weighted by Crippen LogP contribution is -2.16. The van der Waals surface area contributed by atoms with Crippen LogP contribution >= 0.6 is 0 Å². The smallest absolute Gasteiger partial charge is 0.343 e. The van der Waals surface area contributed by atoms with E-state index in [9.17, 15) is 28.2 Å². The third-order valence-corrected chi connectivity index (χ3v) is 6.27. The quantitative estimate of drug-likeness (QED) is 0.317. The molecule has 168 valence electrons. The Morgan fingerprint density at radius 1 is 0.903 bits per heavy atom. The Balaban J connectivity index is 2.67. The van der Waals surface area contributed by atoms with Gasteiger partial charge in [0.2, 0.25) is 9.84 Å². The van der Waals surface area contributed by atoms with E-state index in [1.165, 1.54) is 24.3 Å². The summed E-state index contributed by atoms with van der Waals surface area (Å²) >= 11 is 0. The van der Waals surface area contributed by atoms with E-state index in [-0.39, 0.29) is 18.1 Å². The van der Waals surface area contributed by atoms with Crippen molar-refractivity contribution in [1.82, 2.24) is 0 Å². The second kappa shape index (κ2) is 10.8. The minimum atomic E-state index is -4.50. The van der Waals surface area contributed by atoms with Crippen molar-refractivity contribution in [1.29, 1.82) is 0 Å². The standard InChI is InChI=1S/C22H26O8S/c1-3-5-12-29-21(25)16-14-17(23)18(22(26)30-13-6-4-2)20(19(16)24)31(27,28)15-10-8-7-9-11-15/h7-11,14,23-24H,3-6,12-13H2,1-2H3. The molecule has 8 nitrogen and oxygen atoms in total. The van der Waals surface area contributed by atoms with Crippen molar-refractivity contribution in [3.8, 4) is 11.5 Å². The summed E-state index contributed by atoms with van der Waals surface area (Å²) in [5, 5.41) is 21.2. The van der Waals surface area contributed by atoms with E-state index in [2.05, 4.69) is 0 Å². The predicted molar refractivity (Wildman–Crippen MR) is 112 cm³/mol. The van der Waals surface area contributed by atoms with E-state index in [4.69, 9.17) is 9.47 Å². The van der Waals surface area contributed by atoms with Crippen molar-refractivity contribution in [3.05, 3.63) is 47.5 Å². The number of phenols is 2. The topological polar surface area (TPSA) is 127 Å². The van der Waals surface area contributed by atoms with Gasteiger partial charge in [-0.2, -0.15) is 0 Å². The molecular formula is C22H26O8S. The molecule has 0 aliphatic carbocycles. The second-order valence-corrected chi connectivity index (χ2v) is 8.68. The summed E-state index contributed by atoms with van der Waals surface area (Å²) in [7, 11) is -4.50. The number of phenolic OH excluding ortho intramolecular Hbond substituents is 2. The molecule has 0 unspecified atom stereocenters. The molecule has 2 aromatic carbocycles. The van der Waals surface area contributed by atoms with Crippen molar-refractivity contribution >= 4 is 21.8 Å². The monoisotopic (exact) mass is 450 g/mol. The van der Waals surface area contributed by atoms with Crippen LogP contribution < -0.4 is 0 Å². The van der Waals surface area contributed by atoms with E-state index in [1.807, 2.05) is 13.8 Å². The lowest BCUT2D eigenvalue weighted by atomic mass is 10.1. The van der Waals surface area contributed by atoms with Gasteiger partial charge < -0.3 is 19.7 Å². The highest BCUT2D eigenvalue weighted by atomic mass is 32.2. The van der Waals surface area contributed by atoms with Gasteiger partial charge in [-0.3, -0.25) is 0 Å². The summed E-state index contributed by atoms with van der Waals surface area (Å²) < 4.78 is 36.6. The van der Waals surface area contributed by atoms with Crippen LogP contribution in [0.25, 0.3) is 0 Å². The van der Waals surface area contributed by atoms with E-state index < -0.39 is 49.3 Å². The number of benzene rings is 2. The van der Waals surface area contributed by atoms with Crippen LogP contribution in [0.15, 0.2) is 46.2 Å². The normalized spacial score (nSPS) is 11.2. The summed E-state index contributed by atoms with van der Waals surface area (Å²) in [6.07, 6.45) is 2.57. The number of sulfone groups is 1. The maximum atomic E-state index is 13.3. The van der Waals surface area contributed by atoms with Crippen LogP contribution in [0.2, 0.25) is 0 Å². The average molecular weight is 451 g/mol. The van der Waals surface area contributed by atoms with Gasteiger partial charge in [-0.15, -0.1) is 0 Å². The van der Waals surface area contributed by atoms with Gasteiger partial charge in [-0.05, 0) is 31.0 Å². The molecule has 0 atom stereocenters. The van der Waals surface area contributed by atoms with Gasteiger partial charge in [0.15, 0.2) is 0 Å². The zero-order chi connectivity index (χ0) is 23.0. The lowest BCUT2D eigenvalue weighted by molar-refractivity contribution is 0.0474. The van der Waals surface area contributed by atoms with Crippen molar-refractivity contribution in [3.63, 3.8) is 0 Å². The molecule has 0 amide bonds. The van der Waals surface area contributed by atoms with Crippen LogP contribution in [0.4, 0.5) is 0 Å². The number of rotatable bonds is 10. The first-order valence-electron chi connectivity index (χ1n) is 9.98. The van der Waals surface area contributed by atoms with Gasteiger partial charge in [0.05, 0.1) is 18.1 Å². The first kappa shape index (κ1) is 24.2. The SMILES string of the molecule is CCCCOC(=O)c1cc(O)c(C(=O)OCCCC)c(S(=O)(=O)c2ccccc2)c1O. The maximum absolute atomic E-state index is 13.3. The summed E-state index contributed by atoms with van der Waals surface area (Å²) in [4.78, 5) is 23.9. The number of hydrogen-bond acceptors (Lipinski definition) is 8. The number of carbonyl (C=O) groups is 2. The predicted octanol–water partition coefficient (Wildman–Crippen LogP) is 3.84. The van der Waals surface area contributed by atoms with Crippen LogP contribution in [0.3, 0.4) is 0 Å². The Kier molecular flexibility index (Phi) is 8.44. The zero-order valence-electron chi connectivity index (χ0n) is 17.5. The van der Waals surface area contributed by atoms with Crippen LogP contribution in [0.1, 0.15) is 60.2 Å². The van der Waals surface area contributed by atoms with Crippen LogP contribution in [0.5, 0.6) is 11.5 Å². The fraction of sp³-hybridized carbons (Fsp3) is 0.364. The minimum absolute atomic E-state index is 0.00116. The molecule has 9 heteroatoms. The molecule has 0 aliphatic rings. The molecule has 31 heavy (non-hydrogen) atoms. The zero-order valence-corrected chi connectivity index (χ0v) is 18.3.